The van der Waals surface area contributed by atoms with Gasteiger partial charge in [-0.1, -0.05) is 12.1 Å². The van der Waals surface area contributed by atoms with E-state index in [1.54, 1.807) is 42.5 Å². The van der Waals surface area contributed by atoms with Crippen LogP contribution in [-0.2, 0) is 9.53 Å². The van der Waals surface area contributed by atoms with E-state index in [0.717, 1.165) is 0 Å². The monoisotopic (exact) mass is 457 g/mol. The van der Waals surface area contributed by atoms with Crippen molar-refractivity contribution >= 4 is 23.4 Å². The van der Waals surface area contributed by atoms with Gasteiger partial charge in [-0.05, 0) is 37.6 Å². The summed E-state index contributed by atoms with van der Waals surface area (Å²) in [5.41, 5.74) is 1.14. The Balaban J connectivity index is 1.86. The van der Waals surface area contributed by atoms with Crippen molar-refractivity contribution in [3.05, 3.63) is 53.6 Å². The maximum absolute atomic E-state index is 12.5. The molecule has 3 N–H and O–H groups in total. The van der Waals surface area contributed by atoms with Crippen LogP contribution in [0.15, 0.2) is 42.5 Å². The number of nitrogens with one attached hydrogen (secondary N) is 3. The zero-order valence-electron chi connectivity index (χ0n) is 19.2. The Morgan fingerprint density at radius 1 is 0.879 bits per heavy atom. The smallest absolute Gasteiger partial charge is 0.253 e. The molecular weight excluding hydrogens is 426 g/mol. The molecule has 0 saturated carbocycles. The molecule has 0 aromatic heterocycles. The first-order valence-electron chi connectivity index (χ1n) is 10.7. The average Bonchev–Trinajstić information content (AvgIpc) is 2.83. The quantitative estimate of drug-likeness (QED) is 0.398. The van der Waals surface area contributed by atoms with Gasteiger partial charge >= 0.3 is 0 Å². The van der Waals surface area contributed by atoms with Crippen LogP contribution in [0.2, 0.25) is 0 Å². The van der Waals surface area contributed by atoms with Gasteiger partial charge in [-0.3, -0.25) is 14.4 Å². The van der Waals surface area contributed by atoms with Crippen molar-refractivity contribution in [2.45, 2.75) is 19.8 Å². The Morgan fingerprint density at radius 2 is 1.55 bits per heavy atom. The van der Waals surface area contributed by atoms with Crippen LogP contribution in [0.5, 0.6) is 11.5 Å². The maximum Gasteiger partial charge on any atom is 0.253 e. The molecule has 0 radical (unpaired) electrons. The molecule has 33 heavy (non-hydrogen) atoms. The van der Waals surface area contributed by atoms with E-state index in [0.29, 0.717) is 54.5 Å². The van der Waals surface area contributed by atoms with Crippen molar-refractivity contribution in [3.8, 4) is 11.5 Å². The number of methoxy groups -OCH3 is 2. The van der Waals surface area contributed by atoms with Gasteiger partial charge in [0, 0.05) is 44.4 Å². The molecule has 2 aromatic rings. The summed E-state index contributed by atoms with van der Waals surface area (Å²) in [5.74, 6) is 0.0275. The molecule has 0 saturated heterocycles. The highest BCUT2D eigenvalue weighted by Crippen LogP contribution is 2.22. The maximum atomic E-state index is 12.5. The predicted octanol–water partition coefficient (Wildman–Crippen LogP) is 2.62. The van der Waals surface area contributed by atoms with E-state index in [9.17, 15) is 14.4 Å². The number of carbonyl (C=O) groups excluding carboxylic acids is 3. The molecule has 0 heterocycles. The number of para-hydroxylation sites is 1. The molecule has 2 aromatic carbocycles. The summed E-state index contributed by atoms with van der Waals surface area (Å²) in [6.07, 6.45) is 0.740. The molecule has 9 heteroatoms. The van der Waals surface area contributed by atoms with E-state index in [2.05, 4.69) is 16.0 Å². The minimum Gasteiger partial charge on any atom is -0.497 e. The molecule has 9 nitrogen and oxygen atoms in total. The lowest BCUT2D eigenvalue weighted by Crippen LogP contribution is -2.29. The summed E-state index contributed by atoms with van der Waals surface area (Å²) < 4.78 is 15.6. The second-order valence-electron chi connectivity index (χ2n) is 7.01. The molecule has 0 aliphatic heterocycles. The number of rotatable bonds is 13. The van der Waals surface area contributed by atoms with Gasteiger partial charge in [0.1, 0.15) is 11.5 Å². The molecule has 0 aliphatic rings. The minimum atomic E-state index is -0.355. The van der Waals surface area contributed by atoms with E-state index in [4.69, 9.17) is 14.2 Å². The summed E-state index contributed by atoms with van der Waals surface area (Å²) in [4.78, 5) is 37.3. The van der Waals surface area contributed by atoms with Gasteiger partial charge in [-0.25, -0.2) is 0 Å². The van der Waals surface area contributed by atoms with E-state index in [1.807, 2.05) is 6.92 Å². The van der Waals surface area contributed by atoms with Crippen LogP contribution in [-0.4, -0.2) is 58.2 Å². The van der Waals surface area contributed by atoms with Crippen molar-refractivity contribution in [1.82, 2.24) is 10.6 Å². The standard InChI is InChI=1S/C24H31N3O6/c1-4-33-13-7-11-25-24(30)20-8-5-6-9-21(20)27-22(28)10-12-26-23(29)17-14-18(31-2)16-19(15-17)32-3/h5-6,8-9,14-16H,4,7,10-13H2,1-3H3,(H,25,30)(H,26,29)(H,27,28). The van der Waals surface area contributed by atoms with Gasteiger partial charge in [0.15, 0.2) is 0 Å². The fourth-order valence-electron chi connectivity index (χ4n) is 2.95. The zero-order chi connectivity index (χ0) is 24.1. The lowest BCUT2D eigenvalue weighted by atomic mass is 10.1. The Morgan fingerprint density at radius 3 is 2.21 bits per heavy atom. The second-order valence-corrected chi connectivity index (χ2v) is 7.01. The highest BCUT2D eigenvalue weighted by Gasteiger charge is 2.14. The molecule has 0 bridgehead atoms. The van der Waals surface area contributed by atoms with E-state index in [1.165, 1.54) is 14.2 Å². The number of carbonyl (C=O) groups is 3. The average molecular weight is 458 g/mol. The fraction of sp³-hybridized carbons (Fsp3) is 0.375. The third kappa shape index (κ3) is 8.46. The van der Waals surface area contributed by atoms with E-state index < -0.39 is 0 Å². The van der Waals surface area contributed by atoms with Crippen molar-refractivity contribution in [2.24, 2.45) is 0 Å². The van der Waals surface area contributed by atoms with Crippen LogP contribution in [0.25, 0.3) is 0 Å². The highest BCUT2D eigenvalue weighted by molar-refractivity contribution is 6.04. The summed E-state index contributed by atoms with van der Waals surface area (Å²) in [5, 5.41) is 8.25. The van der Waals surface area contributed by atoms with Crippen LogP contribution < -0.4 is 25.4 Å². The van der Waals surface area contributed by atoms with Gasteiger partial charge in [0.2, 0.25) is 5.91 Å². The lowest BCUT2D eigenvalue weighted by Gasteiger charge is -2.12. The SMILES string of the molecule is CCOCCCNC(=O)c1ccccc1NC(=O)CCNC(=O)c1cc(OC)cc(OC)c1. The van der Waals surface area contributed by atoms with Crippen LogP contribution in [0.4, 0.5) is 5.69 Å². The van der Waals surface area contributed by atoms with Crippen LogP contribution >= 0.6 is 0 Å². The number of hydrogen-bond acceptors (Lipinski definition) is 6. The molecule has 0 spiro atoms. The third-order valence-electron chi connectivity index (χ3n) is 4.65. The second kappa shape index (κ2) is 13.7. The molecule has 0 aliphatic carbocycles. The van der Waals surface area contributed by atoms with Gasteiger partial charge in [0.25, 0.3) is 11.8 Å². The van der Waals surface area contributed by atoms with Crippen LogP contribution in [0, 0.1) is 0 Å². The molecule has 0 unspecified atom stereocenters. The fourth-order valence-corrected chi connectivity index (χ4v) is 2.95. The van der Waals surface area contributed by atoms with Crippen molar-refractivity contribution in [2.75, 3.05) is 45.8 Å². The molecule has 0 fully saturated rings. The topological polar surface area (TPSA) is 115 Å². The molecule has 3 amide bonds. The molecule has 2 rings (SSSR count). The largest absolute Gasteiger partial charge is 0.497 e. The van der Waals surface area contributed by atoms with Crippen molar-refractivity contribution in [1.29, 1.82) is 0 Å². The zero-order valence-corrected chi connectivity index (χ0v) is 19.2. The normalized spacial score (nSPS) is 10.3. The number of benzene rings is 2. The number of ether oxygens (including phenoxy) is 3. The summed E-state index contributed by atoms with van der Waals surface area (Å²) in [6.45, 7) is 3.72. The number of hydrogen-bond donors (Lipinski definition) is 3. The molecule has 178 valence electrons. The van der Waals surface area contributed by atoms with Crippen LogP contribution in [0.1, 0.15) is 40.5 Å². The van der Waals surface area contributed by atoms with E-state index in [-0.39, 0.29) is 30.7 Å². The highest BCUT2D eigenvalue weighted by atomic mass is 16.5. The number of anilines is 1. The van der Waals surface area contributed by atoms with Gasteiger partial charge in [0.05, 0.1) is 25.5 Å². The van der Waals surface area contributed by atoms with Crippen molar-refractivity contribution in [3.63, 3.8) is 0 Å². The van der Waals surface area contributed by atoms with Gasteiger partial charge < -0.3 is 30.2 Å². The van der Waals surface area contributed by atoms with Gasteiger partial charge in [-0.15, -0.1) is 0 Å². The number of amides is 3. The first kappa shape index (κ1) is 25.7. The third-order valence-corrected chi connectivity index (χ3v) is 4.65. The molecule has 0 atom stereocenters. The first-order chi connectivity index (χ1) is 16.0. The predicted molar refractivity (Wildman–Crippen MR) is 125 cm³/mol. The summed E-state index contributed by atoms with van der Waals surface area (Å²) >= 11 is 0. The Kier molecular flexibility index (Phi) is 10.7. The first-order valence-corrected chi connectivity index (χ1v) is 10.7. The lowest BCUT2D eigenvalue weighted by molar-refractivity contribution is -0.116. The van der Waals surface area contributed by atoms with Crippen LogP contribution in [0.3, 0.4) is 0 Å². The van der Waals surface area contributed by atoms with Crippen molar-refractivity contribution < 1.29 is 28.6 Å². The Hall–Kier alpha value is -3.59. The van der Waals surface area contributed by atoms with E-state index >= 15 is 0 Å². The van der Waals surface area contributed by atoms with Gasteiger partial charge in [-0.2, -0.15) is 0 Å². The summed E-state index contributed by atoms with van der Waals surface area (Å²) in [6, 6.07) is 11.6. The molecular formula is C24H31N3O6. The minimum absolute atomic E-state index is 0.0388. The Labute approximate surface area is 193 Å². The summed E-state index contributed by atoms with van der Waals surface area (Å²) in [7, 11) is 3.00. The Bertz CT molecular complexity index is 925.